The number of benzene rings is 3. The van der Waals surface area contributed by atoms with E-state index in [1.54, 1.807) is 0 Å². The summed E-state index contributed by atoms with van der Waals surface area (Å²) in [5.74, 6) is 0.762. The van der Waals surface area contributed by atoms with E-state index in [2.05, 4.69) is 10.2 Å². The minimum atomic E-state index is -0.423. The fourth-order valence-corrected chi connectivity index (χ4v) is 3.28. The zero-order valence-corrected chi connectivity index (χ0v) is 15.4. The number of nitrogens with zero attached hydrogens (tertiary/aromatic N) is 2. The number of carbonyl (C=O) groups excluding carboxylic acids is 1. The standard InChI is InChI=1S/C23H16N2O4/c26-22(27-14-21-24-25-23(29-21)16-7-2-1-3-8-16)13-17-12-19-18-9-5-4-6-15(18)10-11-20(19)28-17/h1-12H,13-14H2. The van der Waals surface area contributed by atoms with Crippen molar-refractivity contribution in [2.75, 3.05) is 0 Å². The summed E-state index contributed by atoms with van der Waals surface area (Å²) < 4.78 is 16.6. The maximum atomic E-state index is 12.2. The van der Waals surface area contributed by atoms with Crippen molar-refractivity contribution in [1.29, 1.82) is 0 Å². The Labute approximate surface area is 165 Å². The first kappa shape index (κ1) is 17.2. The highest BCUT2D eigenvalue weighted by Crippen LogP contribution is 2.28. The molecule has 2 heterocycles. The predicted octanol–water partition coefficient (Wildman–Crippen LogP) is 4.92. The van der Waals surface area contributed by atoms with Crippen molar-refractivity contribution >= 4 is 27.7 Å². The fraction of sp³-hybridized carbons (Fsp3) is 0.0870. The van der Waals surface area contributed by atoms with Gasteiger partial charge in [-0.2, -0.15) is 0 Å². The van der Waals surface area contributed by atoms with Crippen LogP contribution in [0.5, 0.6) is 0 Å². The summed E-state index contributed by atoms with van der Waals surface area (Å²) in [5, 5.41) is 11.1. The minimum Gasteiger partial charge on any atom is -0.460 e. The molecule has 0 amide bonds. The van der Waals surface area contributed by atoms with E-state index in [0.717, 1.165) is 27.3 Å². The first-order valence-electron chi connectivity index (χ1n) is 9.20. The summed E-state index contributed by atoms with van der Waals surface area (Å²) in [4.78, 5) is 12.2. The third kappa shape index (κ3) is 3.48. The second-order valence-electron chi connectivity index (χ2n) is 6.62. The Morgan fingerprint density at radius 3 is 2.59 bits per heavy atom. The van der Waals surface area contributed by atoms with Gasteiger partial charge in [0, 0.05) is 10.9 Å². The Balaban J connectivity index is 1.26. The number of esters is 1. The molecule has 0 aliphatic carbocycles. The third-order valence-corrected chi connectivity index (χ3v) is 4.64. The van der Waals surface area contributed by atoms with Crippen molar-refractivity contribution in [1.82, 2.24) is 10.2 Å². The molecule has 0 bridgehead atoms. The van der Waals surface area contributed by atoms with E-state index in [1.165, 1.54) is 0 Å². The van der Waals surface area contributed by atoms with Crippen molar-refractivity contribution in [3.8, 4) is 11.5 Å². The molecule has 0 atom stereocenters. The van der Waals surface area contributed by atoms with Gasteiger partial charge in [0.05, 0.1) is 0 Å². The van der Waals surface area contributed by atoms with Gasteiger partial charge >= 0.3 is 5.97 Å². The number of ether oxygens (including phenoxy) is 1. The predicted molar refractivity (Wildman–Crippen MR) is 107 cm³/mol. The molecule has 5 rings (SSSR count). The molecule has 0 aliphatic rings. The van der Waals surface area contributed by atoms with Gasteiger partial charge in [0.15, 0.2) is 6.61 Å². The second kappa shape index (κ2) is 7.24. The molecule has 0 unspecified atom stereocenters. The molecular weight excluding hydrogens is 368 g/mol. The number of aromatic nitrogens is 2. The monoisotopic (exact) mass is 384 g/mol. The number of fused-ring (bicyclic) bond motifs is 3. The molecular formula is C23H16N2O4. The van der Waals surface area contributed by atoms with Crippen LogP contribution in [0.3, 0.4) is 0 Å². The number of carbonyl (C=O) groups is 1. The number of hydrogen-bond donors (Lipinski definition) is 0. The van der Waals surface area contributed by atoms with E-state index in [9.17, 15) is 4.79 Å². The average molecular weight is 384 g/mol. The number of rotatable bonds is 5. The van der Waals surface area contributed by atoms with Crippen LogP contribution < -0.4 is 0 Å². The van der Waals surface area contributed by atoms with Crippen LogP contribution >= 0.6 is 0 Å². The lowest BCUT2D eigenvalue weighted by atomic mass is 10.1. The van der Waals surface area contributed by atoms with Crippen LogP contribution in [-0.4, -0.2) is 16.2 Å². The topological polar surface area (TPSA) is 78.4 Å². The van der Waals surface area contributed by atoms with Gasteiger partial charge in [-0.3, -0.25) is 4.79 Å². The SMILES string of the molecule is O=C(Cc1cc2c(ccc3ccccc32)o1)OCc1nnc(-c2ccccc2)o1. The lowest BCUT2D eigenvalue weighted by molar-refractivity contribution is -0.145. The van der Waals surface area contributed by atoms with E-state index in [4.69, 9.17) is 13.6 Å². The van der Waals surface area contributed by atoms with Gasteiger partial charge in [-0.25, -0.2) is 0 Å². The van der Waals surface area contributed by atoms with Crippen molar-refractivity contribution in [2.45, 2.75) is 13.0 Å². The Morgan fingerprint density at radius 1 is 0.862 bits per heavy atom. The highest BCUT2D eigenvalue weighted by Gasteiger charge is 2.14. The molecule has 0 aliphatic heterocycles. The van der Waals surface area contributed by atoms with Gasteiger partial charge in [-0.05, 0) is 35.0 Å². The lowest BCUT2D eigenvalue weighted by Crippen LogP contribution is -2.07. The summed E-state index contributed by atoms with van der Waals surface area (Å²) >= 11 is 0. The molecule has 0 saturated carbocycles. The highest BCUT2D eigenvalue weighted by atomic mass is 16.5. The van der Waals surface area contributed by atoms with Crippen molar-refractivity contribution in [2.24, 2.45) is 0 Å². The van der Waals surface area contributed by atoms with Crippen molar-refractivity contribution in [3.63, 3.8) is 0 Å². The van der Waals surface area contributed by atoms with Gasteiger partial charge in [-0.15, -0.1) is 10.2 Å². The molecule has 6 nitrogen and oxygen atoms in total. The molecule has 6 heteroatoms. The summed E-state index contributed by atoms with van der Waals surface area (Å²) in [5.41, 5.74) is 1.56. The largest absolute Gasteiger partial charge is 0.460 e. The quantitative estimate of drug-likeness (QED) is 0.400. The van der Waals surface area contributed by atoms with E-state index < -0.39 is 5.97 Å². The second-order valence-corrected chi connectivity index (χ2v) is 6.62. The van der Waals surface area contributed by atoms with Crippen LogP contribution in [0.1, 0.15) is 11.7 Å². The van der Waals surface area contributed by atoms with Gasteiger partial charge in [-0.1, -0.05) is 48.5 Å². The molecule has 0 radical (unpaired) electrons. The van der Waals surface area contributed by atoms with Gasteiger partial charge in [0.1, 0.15) is 17.8 Å². The van der Waals surface area contributed by atoms with Crippen molar-refractivity contribution < 1.29 is 18.4 Å². The first-order chi connectivity index (χ1) is 14.3. The van der Waals surface area contributed by atoms with Crippen LogP contribution in [0.2, 0.25) is 0 Å². The van der Waals surface area contributed by atoms with Crippen LogP contribution in [0.4, 0.5) is 0 Å². The molecule has 0 fully saturated rings. The van der Waals surface area contributed by atoms with E-state index in [0.29, 0.717) is 11.7 Å². The maximum absolute atomic E-state index is 12.2. The van der Waals surface area contributed by atoms with Crippen LogP contribution in [0.25, 0.3) is 33.2 Å². The Hall–Kier alpha value is -3.93. The first-order valence-corrected chi connectivity index (χ1v) is 9.20. The van der Waals surface area contributed by atoms with E-state index in [-0.39, 0.29) is 18.9 Å². The van der Waals surface area contributed by atoms with E-state index in [1.807, 2.05) is 72.8 Å². The molecule has 2 aromatic heterocycles. The smallest absolute Gasteiger partial charge is 0.313 e. The molecule has 3 aromatic carbocycles. The van der Waals surface area contributed by atoms with Crippen LogP contribution in [0.15, 0.2) is 81.6 Å². The molecule has 5 aromatic rings. The van der Waals surface area contributed by atoms with Gasteiger partial charge < -0.3 is 13.6 Å². The number of furan rings is 1. The van der Waals surface area contributed by atoms with Gasteiger partial charge in [0.25, 0.3) is 5.89 Å². The summed E-state index contributed by atoms with van der Waals surface area (Å²) in [6, 6.07) is 23.3. The average Bonchev–Trinajstić information content (AvgIpc) is 3.40. The zero-order valence-electron chi connectivity index (χ0n) is 15.4. The molecule has 29 heavy (non-hydrogen) atoms. The Morgan fingerprint density at radius 2 is 1.69 bits per heavy atom. The molecule has 0 spiro atoms. The minimum absolute atomic E-state index is 0.0304. The number of hydrogen-bond acceptors (Lipinski definition) is 6. The Bertz CT molecular complexity index is 1300. The Kier molecular flexibility index (Phi) is 4.29. The molecule has 0 saturated heterocycles. The third-order valence-electron chi connectivity index (χ3n) is 4.64. The maximum Gasteiger partial charge on any atom is 0.313 e. The zero-order chi connectivity index (χ0) is 19.6. The molecule has 142 valence electrons. The van der Waals surface area contributed by atoms with Crippen LogP contribution in [-0.2, 0) is 22.6 Å². The van der Waals surface area contributed by atoms with E-state index >= 15 is 0 Å². The fourth-order valence-electron chi connectivity index (χ4n) is 3.28. The summed E-state index contributed by atoms with van der Waals surface area (Å²) in [7, 11) is 0. The normalized spacial score (nSPS) is 11.2. The highest BCUT2D eigenvalue weighted by molar-refractivity contribution is 6.06. The molecule has 0 N–H and O–H groups in total. The lowest BCUT2D eigenvalue weighted by Gasteiger charge is -1.99. The van der Waals surface area contributed by atoms with Crippen molar-refractivity contribution in [3.05, 3.63) is 84.4 Å². The summed E-state index contributed by atoms with van der Waals surface area (Å²) in [6.07, 6.45) is 0.0304. The van der Waals surface area contributed by atoms with Gasteiger partial charge in [0.2, 0.25) is 5.89 Å². The summed E-state index contributed by atoms with van der Waals surface area (Å²) in [6.45, 7) is -0.0815. The van der Waals surface area contributed by atoms with Crippen LogP contribution in [0, 0.1) is 0 Å².